The van der Waals surface area contributed by atoms with E-state index in [2.05, 4.69) is 20.8 Å². The lowest BCUT2D eigenvalue weighted by Crippen LogP contribution is -2.09. The minimum atomic E-state index is -0.186. The van der Waals surface area contributed by atoms with E-state index in [0.717, 1.165) is 16.9 Å². The van der Waals surface area contributed by atoms with Gasteiger partial charge in [0, 0.05) is 10.6 Å². The summed E-state index contributed by atoms with van der Waals surface area (Å²) in [4.78, 5) is 18.0. The number of aromatic nitrogens is 1. The van der Waals surface area contributed by atoms with E-state index in [1.807, 2.05) is 78.2 Å². The Bertz CT molecular complexity index is 1480. The number of rotatable bonds is 8. The van der Waals surface area contributed by atoms with Crippen molar-refractivity contribution in [3.63, 3.8) is 0 Å². The number of para-hydroxylation sites is 1. The van der Waals surface area contributed by atoms with E-state index in [9.17, 15) is 4.79 Å². The minimum Gasteiger partial charge on any atom is -0.457 e. The highest BCUT2D eigenvalue weighted by atomic mass is 35.5. The van der Waals surface area contributed by atoms with Crippen LogP contribution in [-0.4, -0.2) is 17.1 Å². The average Bonchev–Trinajstić information content (AvgIpc) is 3.56. The van der Waals surface area contributed by atoms with Crippen LogP contribution in [0.5, 0.6) is 11.5 Å². The Morgan fingerprint density at radius 1 is 0.944 bits per heavy atom. The molecule has 1 amide bonds. The second kappa shape index (κ2) is 11.2. The van der Waals surface area contributed by atoms with Crippen LogP contribution in [0.15, 0.2) is 101 Å². The number of thiophene rings is 1. The highest BCUT2D eigenvalue weighted by molar-refractivity contribution is 7.20. The molecule has 178 valence electrons. The van der Waals surface area contributed by atoms with Gasteiger partial charge in [-0.25, -0.2) is 4.98 Å². The van der Waals surface area contributed by atoms with Crippen LogP contribution < -0.4 is 15.5 Å². The highest BCUT2D eigenvalue weighted by Crippen LogP contribution is 2.37. The first-order chi connectivity index (χ1) is 17.6. The summed E-state index contributed by atoms with van der Waals surface area (Å²) in [5.41, 5.74) is 5.30. The summed E-state index contributed by atoms with van der Waals surface area (Å²) in [6, 6.07) is 28.1. The standard InChI is InChI=1S/C27H19ClN4O2S2/c28-20-13-11-19(12-14-20)24-26(31-25(33)23-10-5-15-35-23)36-27(30-24)32-29-17-18-6-4-9-22(16-18)34-21-7-2-1-3-8-21/h1-17H,(H,30,32)(H,31,33)/b29-17+. The Hall–Kier alpha value is -3.98. The molecule has 0 atom stereocenters. The minimum absolute atomic E-state index is 0.186. The number of nitrogens with one attached hydrogen (secondary N) is 2. The lowest BCUT2D eigenvalue weighted by atomic mass is 10.1. The quantitative estimate of drug-likeness (QED) is 0.157. The van der Waals surface area contributed by atoms with Gasteiger partial charge in [0.05, 0.1) is 11.1 Å². The first-order valence-electron chi connectivity index (χ1n) is 10.9. The average molecular weight is 531 g/mol. The van der Waals surface area contributed by atoms with Crippen LogP contribution in [0, 0.1) is 0 Å². The van der Waals surface area contributed by atoms with Gasteiger partial charge < -0.3 is 10.1 Å². The number of hydrazone groups is 1. The fourth-order valence-corrected chi connectivity index (χ4v) is 4.85. The molecule has 0 aliphatic heterocycles. The summed E-state index contributed by atoms with van der Waals surface area (Å²) in [6.45, 7) is 0. The summed E-state index contributed by atoms with van der Waals surface area (Å²) in [5, 5.41) is 11.0. The number of amides is 1. The van der Waals surface area contributed by atoms with Crippen molar-refractivity contribution in [2.24, 2.45) is 5.10 Å². The third-order valence-electron chi connectivity index (χ3n) is 4.93. The van der Waals surface area contributed by atoms with E-state index < -0.39 is 0 Å². The van der Waals surface area contributed by atoms with E-state index in [4.69, 9.17) is 16.3 Å². The molecule has 0 unspecified atom stereocenters. The summed E-state index contributed by atoms with van der Waals surface area (Å²) in [6.07, 6.45) is 1.69. The van der Waals surface area contributed by atoms with Gasteiger partial charge in [-0.15, -0.1) is 11.3 Å². The number of hydrogen-bond donors (Lipinski definition) is 2. The second-order valence-corrected chi connectivity index (χ2v) is 9.88. The maximum atomic E-state index is 12.7. The molecule has 0 aliphatic rings. The third-order valence-corrected chi connectivity index (χ3v) is 6.92. The summed E-state index contributed by atoms with van der Waals surface area (Å²) < 4.78 is 5.89. The molecule has 36 heavy (non-hydrogen) atoms. The number of carbonyl (C=O) groups excluding carboxylic acids is 1. The van der Waals surface area contributed by atoms with Crippen molar-refractivity contribution in [2.75, 3.05) is 10.7 Å². The number of halogens is 1. The van der Waals surface area contributed by atoms with E-state index in [1.165, 1.54) is 22.7 Å². The van der Waals surface area contributed by atoms with E-state index >= 15 is 0 Å². The van der Waals surface area contributed by atoms with Crippen molar-refractivity contribution in [1.29, 1.82) is 0 Å². The normalized spacial score (nSPS) is 10.9. The van der Waals surface area contributed by atoms with Crippen LogP contribution in [0.4, 0.5) is 10.1 Å². The molecule has 0 saturated carbocycles. The van der Waals surface area contributed by atoms with E-state index in [-0.39, 0.29) is 5.91 Å². The monoisotopic (exact) mass is 530 g/mol. The Labute approximate surface area is 220 Å². The molecule has 0 saturated heterocycles. The number of nitrogens with zero attached hydrogens (tertiary/aromatic N) is 2. The highest BCUT2D eigenvalue weighted by Gasteiger charge is 2.17. The van der Waals surface area contributed by atoms with Crippen LogP contribution in [0.2, 0.25) is 5.02 Å². The van der Waals surface area contributed by atoms with Crippen molar-refractivity contribution in [2.45, 2.75) is 0 Å². The van der Waals surface area contributed by atoms with Crippen molar-refractivity contribution >= 4 is 56.5 Å². The molecular formula is C27H19ClN4O2S2. The SMILES string of the molecule is O=C(Nc1sc(N/N=C/c2cccc(Oc3ccccc3)c2)nc1-c1ccc(Cl)cc1)c1cccs1. The van der Waals surface area contributed by atoms with Gasteiger partial charge in [-0.2, -0.15) is 5.10 Å². The smallest absolute Gasteiger partial charge is 0.266 e. The Kier molecular flexibility index (Phi) is 7.37. The lowest BCUT2D eigenvalue weighted by molar-refractivity contribution is 0.103. The van der Waals surface area contributed by atoms with Crippen LogP contribution in [0.3, 0.4) is 0 Å². The first kappa shape index (κ1) is 23.7. The predicted molar refractivity (Wildman–Crippen MR) is 149 cm³/mol. The predicted octanol–water partition coefficient (Wildman–Crippen LogP) is 8.02. The molecule has 0 spiro atoms. The van der Waals surface area contributed by atoms with Gasteiger partial charge in [0.1, 0.15) is 22.2 Å². The number of thiazole rings is 1. The number of carbonyl (C=O) groups is 1. The maximum absolute atomic E-state index is 12.7. The van der Waals surface area contributed by atoms with E-state index in [1.54, 1.807) is 24.4 Å². The maximum Gasteiger partial charge on any atom is 0.266 e. The fraction of sp³-hybridized carbons (Fsp3) is 0. The second-order valence-electron chi connectivity index (χ2n) is 7.49. The fourth-order valence-electron chi connectivity index (χ4n) is 3.27. The largest absolute Gasteiger partial charge is 0.457 e. The van der Waals surface area contributed by atoms with Gasteiger partial charge in [-0.1, -0.05) is 71.5 Å². The summed E-state index contributed by atoms with van der Waals surface area (Å²) >= 11 is 8.73. The number of anilines is 2. The first-order valence-corrected chi connectivity index (χ1v) is 12.9. The molecule has 6 nitrogen and oxygen atoms in total. The molecule has 5 aromatic rings. The summed E-state index contributed by atoms with van der Waals surface area (Å²) in [5.74, 6) is 1.29. The molecule has 3 aromatic carbocycles. The molecule has 5 rings (SSSR count). The van der Waals surface area contributed by atoms with Crippen LogP contribution in [0.25, 0.3) is 11.3 Å². The molecule has 9 heteroatoms. The zero-order valence-electron chi connectivity index (χ0n) is 18.7. The Morgan fingerprint density at radius 3 is 2.53 bits per heavy atom. The Morgan fingerprint density at radius 2 is 1.75 bits per heavy atom. The number of benzene rings is 3. The molecule has 0 aliphatic carbocycles. The van der Waals surface area contributed by atoms with Gasteiger partial charge in [0.2, 0.25) is 5.13 Å². The molecular weight excluding hydrogens is 512 g/mol. The Balaban J connectivity index is 1.33. The van der Waals surface area contributed by atoms with Crippen LogP contribution >= 0.6 is 34.3 Å². The van der Waals surface area contributed by atoms with E-state index in [0.29, 0.717) is 31.5 Å². The van der Waals surface area contributed by atoms with Gasteiger partial charge in [0.25, 0.3) is 5.91 Å². The van der Waals surface area contributed by atoms with Gasteiger partial charge >= 0.3 is 0 Å². The molecule has 0 radical (unpaired) electrons. The van der Waals surface area contributed by atoms with Crippen molar-refractivity contribution < 1.29 is 9.53 Å². The number of hydrogen-bond acceptors (Lipinski definition) is 7. The van der Waals surface area contributed by atoms with Gasteiger partial charge in [-0.05, 0) is 53.4 Å². The van der Waals surface area contributed by atoms with Crippen LogP contribution in [-0.2, 0) is 0 Å². The lowest BCUT2D eigenvalue weighted by Gasteiger charge is -2.05. The van der Waals surface area contributed by atoms with Gasteiger partial charge in [-0.3, -0.25) is 10.2 Å². The zero-order valence-corrected chi connectivity index (χ0v) is 21.1. The van der Waals surface area contributed by atoms with Gasteiger partial charge in [0.15, 0.2) is 0 Å². The van der Waals surface area contributed by atoms with Crippen molar-refractivity contribution in [3.05, 3.63) is 112 Å². The number of ether oxygens (including phenoxy) is 1. The van der Waals surface area contributed by atoms with Crippen molar-refractivity contribution in [3.8, 4) is 22.8 Å². The zero-order chi connectivity index (χ0) is 24.7. The molecule has 0 fully saturated rings. The third kappa shape index (κ3) is 5.98. The summed E-state index contributed by atoms with van der Waals surface area (Å²) in [7, 11) is 0. The van der Waals surface area contributed by atoms with Crippen molar-refractivity contribution in [1.82, 2.24) is 4.98 Å². The van der Waals surface area contributed by atoms with Crippen LogP contribution in [0.1, 0.15) is 15.2 Å². The molecule has 2 heterocycles. The topological polar surface area (TPSA) is 75.6 Å². The molecule has 2 N–H and O–H groups in total. The molecule has 2 aromatic heterocycles. The molecule has 0 bridgehead atoms.